The number of aliphatic hydroxyl groups excluding tert-OH is 7. The molecular weight excluding hydrogens is 728 g/mol. The number of hydrogen-bond donors (Lipinski definition) is 8. The lowest BCUT2D eigenvalue weighted by Crippen LogP contribution is -2.66. The van der Waals surface area contributed by atoms with Crippen molar-refractivity contribution in [3.63, 3.8) is 0 Å². The van der Waals surface area contributed by atoms with Crippen LogP contribution in [0.1, 0.15) is 113 Å². The molecule has 318 valence electrons. The molecule has 0 amide bonds. The van der Waals surface area contributed by atoms with E-state index in [4.69, 9.17) is 18.9 Å². The van der Waals surface area contributed by atoms with Crippen molar-refractivity contribution >= 4 is 11.9 Å². The van der Waals surface area contributed by atoms with E-state index in [0.717, 1.165) is 44.9 Å². The molecule has 0 spiro atoms. The van der Waals surface area contributed by atoms with Gasteiger partial charge in [-0.3, -0.25) is 4.79 Å². The van der Waals surface area contributed by atoms with E-state index in [0.29, 0.717) is 25.2 Å². The lowest BCUT2D eigenvalue weighted by atomic mass is 9.33. The van der Waals surface area contributed by atoms with E-state index in [9.17, 15) is 50.4 Å². The van der Waals surface area contributed by atoms with E-state index < -0.39 is 96.9 Å². The molecule has 6 fully saturated rings. The smallest absolute Gasteiger partial charge is 0.335 e. The Morgan fingerprint density at radius 3 is 2.05 bits per heavy atom. The second-order valence-corrected chi connectivity index (χ2v) is 20.7. The van der Waals surface area contributed by atoms with Gasteiger partial charge in [0.25, 0.3) is 0 Å². The number of carboxylic acids is 1. The second kappa shape index (κ2) is 14.2. The Kier molecular flexibility index (Phi) is 10.8. The van der Waals surface area contributed by atoms with E-state index in [1.54, 1.807) is 0 Å². The third kappa shape index (κ3) is 6.17. The van der Waals surface area contributed by atoms with Gasteiger partial charge in [-0.1, -0.05) is 60.1 Å². The number of carbonyl (C=O) groups excluding carboxylic acids is 1. The molecule has 8 N–H and O–H groups in total. The fraction of sp³-hybridized carbons (Fsp3) is 0.905. The molecular formula is C42H66O14. The van der Waals surface area contributed by atoms with Crippen LogP contribution in [0.25, 0.3) is 0 Å². The van der Waals surface area contributed by atoms with Crippen LogP contribution in [0.3, 0.4) is 0 Å². The molecule has 4 saturated carbocycles. The van der Waals surface area contributed by atoms with Gasteiger partial charge in [-0.05, 0) is 109 Å². The first kappa shape index (κ1) is 42.4. The van der Waals surface area contributed by atoms with Crippen LogP contribution in [0.15, 0.2) is 11.6 Å². The maximum atomic E-state index is 14.6. The molecule has 7 rings (SSSR count). The molecule has 0 aromatic heterocycles. The van der Waals surface area contributed by atoms with Gasteiger partial charge in [-0.25, -0.2) is 4.79 Å². The third-order valence-corrected chi connectivity index (χ3v) is 17.2. The summed E-state index contributed by atoms with van der Waals surface area (Å²) in [7, 11) is 0. The Morgan fingerprint density at radius 2 is 1.39 bits per heavy atom. The zero-order valence-electron chi connectivity index (χ0n) is 34.0. The first-order valence-electron chi connectivity index (χ1n) is 20.8. The highest BCUT2D eigenvalue weighted by molar-refractivity contribution is 5.79. The lowest BCUT2D eigenvalue weighted by molar-refractivity contribution is -0.324. The monoisotopic (exact) mass is 794 g/mol. The van der Waals surface area contributed by atoms with Crippen LogP contribution in [-0.2, 0) is 28.5 Å². The van der Waals surface area contributed by atoms with E-state index in [2.05, 4.69) is 54.5 Å². The number of aliphatic carboxylic acids is 1. The van der Waals surface area contributed by atoms with Crippen molar-refractivity contribution in [3.8, 4) is 0 Å². The molecule has 14 heteroatoms. The van der Waals surface area contributed by atoms with Gasteiger partial charge >= 0.3 is 11.9 Å². The normalized spacial score (nSPS) is 52.3. The molecule has 14 nitrogen and oxygen atoms in total. The van der Waals surface area contributed by atoms with Crippen molar-refractivity contribution < 1.29 is 69.4 Å². The first-order valence-corrected chi connectivity index (χ1v) is 20.8. The number of carbonyl (C=O) groups is 2. The highest BCUT2D eigenvalue weighted by atomic mass is 16.7. The maximum absolute atomic E-state index is 14.6. The number of hydrogen-bond acceptors (Lipinski definition) is 13. The van der Waals surface area contributed by atoms with Gasteiger partial charge in [0.15, 0.2) is 12.4 Å². The van der Waals surface area contributed by atoms with Crippen molar-refractivity contribution in [2.75, 3.05) is 6.61 Å². The van der Waals surface area contributed by atoms with Gasteiger partial charge in [0, 0.05) is 0 Å². The molecule has 2 saturated heterocycles. The molecule has 56 heavy (non-hydrogen) atoms. The minimum atomic E-state index is -1.79. The van der Waals surface area contributed by atoms with Gasteiger partial charge in [-0.2, -0.15) is 0 Å². The Hall–Kier alpha value is -1.72. The molecule has 0 radical (unpaired) electrons. The molecule has 2 aliphatic heterocycles. The van der Waals surface area contributed by atoms with Gasteiger partial charge in [0.1, 0.15) is 42.7 Å². The minimum absolute atomic E-state index is 0.0330. The molecule has 5 aliphatic carbocycles. The number of carboxylic acid groups (broad SMARTS) is 1. The number of aliphatic hydroxyl groups is 7. The number of esters is 1. The van der Waals surface area contributed by atoms with Crippen LogP contribution in [0, 0.1) is 50.2 Å². The Labute approximate surface area is 329 Å². The first-order chi connectivity index (χ1) is 26.0. The summed E-state index contributed by atoms with van der Waals surface area (Å²) >= 11 is 0. The summed E-state index contributed by atoms with van der Waals surface area (Å²) in [6.45, 7) is 15.5. The van der Waals surface area contributed by atoms with Crippen molar-refractivity contribution in [2.24, 2.45) is 50.2 Å². The average molecular weight is 795 g/mol. The van der Waals surface area contributed by atoms with Crippen LogP contribution in [0.2, 0.25) is 0 Å². The van der Waals surface area contributed by atoms with Gasteiger partial charge in [0.05, 0.1) is 18.1 Å². The predicted molar refractivity (Wildman–Crippen MR) is 198 cm³/mol. The highest BCUT2D eigenvalue weighted by Gasteiger charge is 2.70. The van der Waals surface area contributed by atoms with Gasteiger partial charge in [-0.15, -0.1) is 0 Å². The van der Waals surface area contributed by atoms with E-state index in [-0.39, 0.29) is 33.5 Å². The topological polar surface area (TPSA) is 233 Å². The summed E-state index contributed by atoms with van der Waals surface area (Å²) in [6.07, 6.45) is -6.14. The standard InChI is InChI=1S/C42H66O14/c1-37(2)14-16-42(36(52)56-34-30(48)27(45)26(44)22(19-43)53-34)17-15-40(6)20(21(42)18-37)8-9-24-39(5)12-11-25(38(3,4)23(39)10-13-41(24,40)7)54-35-31(49)28(46)29(47)32(55-35)33(50)51/h8,21-32,34-35,43-49H,9-19H2,1-7H3,(H,50,51)/t21?,22?,23?,24?,25-,26+,27-,28-,29-,30?,31?,32?,34-,35+,39-,40+,41+,42-/m0/s1. The summed E-state index contributed by atoms with van der Waals surface area (Å²) in [4.78, 5) is 26.4. The summed E-state index contributed by atoms with van der Waals surface area (Å²) < 4.78 is 23.5. The third-order valence-electron chi connectivity index (χ3n) is 17.2. The number of ether oxygens (including phenoxy) is 4. The molecule has 0 aromatic carbocycles. The van der Waals surface area contributed by atoms with Crippen molar-refractivity contribution in [3.05, 3.63) is 11.6 Å². The summed E-state index contributed by atoms with van der Waals surface area (Å²) in [5.74, 6) is -1.52. The maximum Gasteiger partial charge on any atom is 0.335 e. The molecule has 0 bridgehead atoms. The van der Waals surface area contributed by atoms with Crippen molar-refractivity contribution in [1.29, 1.82) is 0 Å². The van der Waals surface area contributed by atoms with Gasteiger partial charge in [0.2, 0.25) is 6.29 Å². The number of fused-ring (bicyclic) bond motifs is 7. The molecule has 2 heterocycles. The lowest BCUT2D eigenvalue weighted by Gasteiger charge is -2.71. The zero-order valence-corrected chi connectivity index (χ0v) is 34.0. The molecule has 7 unspecified atom stereocenters. The summed E-state index contributed by atoms with van der Waals surface area (Å²) in [5, 5.41) is 82.4. The van der Waals surface area contributed by atoms with Gasteiger partial charge < -0.3 is 59.8 Å². The largest absolute Gasteiger partial charge is 0.479 e. The van der Waals surface area contributed by atoms with Crippen LogP contribution >= 0.6 is 0 Å². The Morgan fingerprint density at radius 1 is 0.750 bits per heavy atom. The van der Waals surface area contributed by atoms with Crippen LogP contribution in [-0.4, -0.2) is 127 Å². The summed E-state index contributed by atoms with van der Waals surface area (Å²) in [5.41, 5.74) is -0.448. The van der Waals surface area contributed by atoms with Crippen molar-refractivity contribution in [2.45, 2.75) is 180 Å². The molecule has 18 atom stereocenters. The minimum Gasteiger partial charge on any atom is -0.479 e. The van der Waals surface area contributed by atoms with Crippen molar-refractivity contribution in [1.82, 2.24) is 0 Å². The Balaban J connectivity index is 1.16. The molecule has 0 aromatic rings. The zero-order chi connectivity index (χ0) is 41.1. The van der Waals surface area contributed by atoms with Crippen LogP contribution in [0.4, 0.5) is 0 Å². The van der Waals surface area contributed by atoms with E-state index in [1.165, 1.54) is 5.57 Å². The SMILES string of the molecule is CC1(C)CC[C@]2(C(=O)O[C@@H]3OC(CO)[C@@H](O)[C@H](O)C3O)CC[C@]3(C)C(=CCC4[C@@]5(C)CC[C@H](O[C@@H]6OC(C(=O)O)[C@@H](O)[C@H](O)C6O)C(C)(C)C5CC[C@]43C)C2C1. The number of rotatable bonds is 6. The Bertz CT molecular complexity index is 1560. The fourth-order valence-electron chi connectivity index (χ4n) is 13.5. The van der Waals surface area contributed by atoms with E-state index >= 15 is 0 Å². The van der Waals surface area contributed by atoms with Crippen LogP contribution < -0.4 is 0 Å². The molecule has 7 aliphatic rings. The van der Waals surface area contributed by atoms with Crippen LogP contribution in [0.5, 0.6) is 0 Å². The second-order valence-electron chi connectivity index (χ2n) is 20.7. The quantitative estimate of drug-likeness (QED) is 0.110. The average Bonchev–Trinajstić information content (AvgIpc) is 3.12. The summed E-state index contributed by atoms with van der Waals surface area (Å²) in [6, 6.07) is 0. The van der Waals surface area contributed by atoms with E-state index in [1.807, 2.05) is 0 Å². The fourth-order valence-corrected chi connectivity index (χ4v) is 13.5. The number of allylic oxidation sites excluding steroid dienone is 2. The predicted octanol–water partition coefficient (Wildman–Crippen LogP) is 2.41. The highest BCUT2D eigenvalue weighted by Crippen LogP contribution is 2.76.